The van der Waals surface area contributed by atoms with Crippen molar-refractivity contribution in [3.63, 3.8) is 0 Å². The number of carbonyl (C=O) groups excluding carboxylic acids is 1. The first-order valence-electron chi connectivity index (χ1n) is 3.06. The van der Waals surface area contributed by atoms with E-state index in [1.807, 2.05) is 0 Å². The van der Waals surface area contributed by atoms with E-state index in [1.54, 1.807) is 0 Å². The SMILES string of the molecule is N=C(N)Nc1c[nH]nc1C(N)=O. The minimum atomic E-state index is -0.681. The minimum absolute atomic E-state index is 0.0326. The fourth-order valence-electron chi connectivity index (χ4n) is 0.718. The van der Waals surface area contributed by atoms with Crippen LogP contribution in [0.25, 0.3) is 0 Å². The van der Waals surface area contributed by atoms with Crippen molar-refractivity contribution in [1.82, 2.24) is 10.2 Å². The van der Waals surface area contributed by atoms with E-state index in [2.05, 4.69) is 15.5 Å². The van der Waals surface area contributed by atoms with Crippen molar-refractivity contribution < 1.29 is 4.79 Å². The Hall–Kier alpha value is -2.05. The maximum atomic E-state index is 10.7. The van der Waals surface area contributed by atoms with Crippen LogP contribution in [-0.4, -0.2) is 22.1 Å². The van der Waals surface area contributed by atoms with Gasteiger partial charge >= 0.3 is 0 Å². The highest BCUT2D eigenvalue weighted by atomic mass is 16.1. The van der Waals surface area contributed by atoms with Crippen LogP contribution in [0.4, 0.5) is 5.69 Å². The molecule has 1 rings (SSSR count). The first kappa shape index (κ1) is 8.05. The van der Waals surface area contributed by atoms with Crippen molar-refractivity contribution in [2.75, 3.05) is 5.32 Å². The number of rotatable bonds is 2. The van der Waals surface area contributed by atoms with Gasteiger partial charge in [0.25, 0.3) is 5.91 Å². The van der Waals surface area contributed by atoms with E-state index in [0.29, 0.717) is 5.69 Å². The number of hydrogen-bond donors (Lipinski definition) is 5. The second kappa shape index (κ2) is 2.91. The first-order chi connectivity index (χ1) is 5.61. The van der Waals surface area contributed by atoms with Gasteiger partial charge in [-0.05, 0) is 0 Å². The predicted molar refractivity (Wildman–Crippen MR) is 42.6 cm³/mol. The monoisotopic (exact) mass is 168 g/mol. The number of nitrogens with zero attached hydrogens (tertiary/aromatic N) is 1. The smallest absolute Gasteiger partial charge is 0.271 e. The number of nitrogens with two attached hydrogens (primary N) is 2. The number of carbonyl (C=O) groups is 1. The zero-order valence-corrected chi connectivity index (χ0v) is 6.09. The minimum Gasteiger partial charge on any atom is -0.370 e. The van der Waals surface area contributed by atoms with Crippen molar-refractivity contribution in [2.45, 2.75) is 0 Å². The Morgan fingerprint density at radius 2 is 2.33 bits per heavy atom. The number of primary amides is 1. The molecule has 1 heterocycles. The van der Waals surface area contributed by atoms with Crippen LogP contribution in [0.1, 0.15) is 10.5 Å². The summed E-state index contributed by atoms with van der Waals surface area (Å²) in [5.74, 6) is -0.959. The summed E-state index contributed by atoms with van der Waals surface area (Å²) in [4.78, 5) is 10.7. The van der Waals surface area contributed by atoms with Crippen LogP contribution in [-0.2, 0) is 0 Å². The van der Waals surface area contributed by atoms with E-state index < -0.39 is 5.91 Å². The molecule has 7 N–H and O–H groups in total. The summed E-state index contributed by atoms with van der Waals surface area (Å²) in [6, 6.07) is 0. The third kappa shape index (κ3) is 1.51. The molecule has 12 heavy (non-hydrogen) atoms. The molecule has 7 nitrogen and oxygen atoms in total. The molecule has 0 atom stereocenters. The molecule has 1 amide bonds. The highest BCUT2D eigenvalue weighted by Gasteiger charge is 2.10. The topological polar surface area (TPSA) is 134 Å². The third-order valence-electron chi connectivity index (χ3n) is 1.14. The van der Waals surface area contributed by atoms with Gasteiger partial charge in [0.05, 0.1) is 5.69 Å². The molecule has 1 aromatic rings. The van der Waals surface area contributed by atoms with Gasteiger partial charge in [-0.1, -0.05) is 0 Å². The largest absolute Gasteiger partial charge is 0.370 e. The molecule has 0 unspecified atom stereocenters. The lowest BCUT2D eigenvalue weighted by molar-refractivity contribution is 0.0996. The summed E-state index contributed by atoms with van der Waals surface area (Å²) >= 11 is 0. The van der Waals surface area contributed by atoms with Crippen LogP contribution in [0.2, 0.25) is 0 Å². The molecule has 0 aliphatic carbocycles. The van der Waals surface area contributed by atoms with Gasteiger partial charge in [0.2, 0.25) is 0 Å². The number of aromatic nitrogens is 2. The van der Waals surface area contributed by atoms with E-state index in [1.165, 1.54) is 6.20 Å². The van der Waals surface area contributed by atoms with Crippen LogP contribution >= 0.6 is 0 Å². The Kier molecular flexibility index (Phi) is 1.95. The third-order valence-corrected chi connectivity index (χ3v) is 1.14. The summed E-state index contributed by atoms with van der Waals surface area (Å²) in [7, 11) is 0. The van der Waals surface area contributed by atoms with Crippen LogP contribution < -0.4 is 16.8 Å². The molecule has 0 fully saturated rings. The second-order valence-corrected chi connectivity index (χ2v) is 2.05. The molecular weight excluding hydrogens is 160 g/mol. The van der Waals surface area contributed by atoms with Crippen LogP contribution in [0.3, 0.4) is 0 Å². The van der Waals surface area contributed by atoms with E-state index in [9.17, 15) is 4.79 Å². The Bertz CT molecular complexity index is 315. The number of anilines is 1. The quantitative estimate of drug-likeness (QED) is 0.280. The van der Waals surface area contributed by atoms with Crippen molar-refractivity contribution in [2.24, 2.45) is 11.5 Å². The molecule has 0 aliphatic heterocycles. The number of amides is 1. The Labute approximate surface area is 67.6 Å². The highest BCUT2D eigenvalue weighted by molar-refractivity contribution is 6.01. The molecule has 0 radical (unpaired) electrons. The molecule has 64 valence electrons. The predicted octanol–water partition coefficient (Wildman–Crippen LogP) is -1.19. The number of aromatic amines is 1. The Morgan fingerprint density at radius 3 is 2.83 bits per heavy atom. The van der Waals surface area contributed by atoms with Gasteiger partial charge in [0.15, 0.2) is 11.7 Å². The molecule has 0 bridgehead atoms. The Balaban J connectivity index is 2.91. The van der Waals surface area contributed by atoms with Gasteiger partial charge in [-0.25, -0.2) is 0 Å². The second-order valence-electron chi connectivity index (χ2n) is 2.05. The van der Waals surface area contributed by atoms with E-state index in [4.69, 9.17) is 16.9 Å². The van der Waals surface area contributed by atoms with Crippen molar-refractivity contribution in [3.05, 3.63) is 11.9 Å². The normalized spacial score (nSPS) is 9.33. The summed E-state index contributed by atoms with van der Waals surface area (Å²) in [5, 5.41) is 15.3. The van der Waals surface area contributed by atoms with Crippen molar-refractivity contribution in [1.29, 1.82) is 5.41 Å². The summed E-state index contributed by atoms with van der Waals surface area (Å²) in [6.45, 7) is 0. The van der Waals surface area contributed by atoms with Gasteiger partial charge in [0, 0.05) is 6.20 Å². The standard InChI is InChI=1S/C5H8N6O/c6-4(12)3-2(1-9-11-3)10-5(7)8/h1H,(H2,6,12)(H,9,11)(H4,7,8,10). The van der Waals surface area contributed by atoms with Gasteiger partial charge in [-0.3, -0.25) is 15.3 Å². The molecule has 0 aliphatic rings. The zero-order chi connectivity index (χ0) is 9.14. The van der Waals surface area contributed by atoms with E-state index >= 15 is 0 Å². The number of nitrogens with one attached hydrogen (secondary N) is 3. The van der Waals surface area contributed by atoms with Gasteiger partial charge in [-0.2, -0.15) is 5.10 Å². The maximum Gasteiger partial charge on any atom is 0.271 e. The fraction of sp³-hybridized carbons (Fsp3) is 0. The lowest BCUT2D eigenvalue weighted by Gasteiger charge is -1.99. The number of hydrogen-bond acceptors (Lipinski definition) is 3. The van der Waals surface area contributed by atoms with Crippen LogP contribution in [0.15, 0.2) is 6.20 Å². The lowest BCUT2D eigenvalue weighted by Crippen LogP contribution is -2.22. The number of H-pyrrole nitrogens is 1. The zero-order valence-electron chi connectivity index (χ0n) is 6.09. The van der Waals surface area contributed by atoms with Gasteiger partial charge in [-0.15, -0.1) is 0 Å². The Morgan fingerprint density at radius 1 is 1.67 bits per heavy atom. The van der Waals surface area contributed by atoms with Crippen LogP contribution in [0.5, 0.6) is 0 Å². The average molecular weight is 168 g/mol. The fourth-order valence-corrected chi connectivity index (χ4v) is 0.718. The van der Waals surface area contributed by atoms with Crippen molar-refractivity contribution in [3.8, 4) is 0 Å². The summed E-state index contributed by atoms with van der Waals surface area (Å²) < 4.78 is 0. The molecule has 0 aromatic carbocycles. The summed E-state index contributed by atoms with van der Waals surface area (Å²) in [5.41, 5.74) is 10.3. The molecule has 0 spiro atoms. The van der Waals surface area contributed by atoms with Crippen molar-refractivity contribution >= 4 is 17.6 Å². The van der Waals surface area contributed by atoms with Gasteiger partial charge in [0.1, 0.15) is 0 Å². The summed E-state index contributed by atoms with van der Waals surface area (Å²) in [6.07, 6.45) is 1.39. The van der Waals surface area contributed by atoms with Gasteiger partial charge < -0.3 is 16.8 Å². The van der Waals surface area contributed by atoms with E-state index in [0.717, 1.165) is 0 Å². The lowest BCUT2D eigenvalue weighted by atomic mass is 10.3. The van der Waals surface area contributed by atoms with E-state index in [-0.39, 0.29) is 11.7 Å². The molecule has 7 heteroatoms. The maximum absolute atomic E-state index is 10.7. The molecule has 1 aromatic heterocycles. The molecular formula is C5H8N6O. The first-order valence-corrected chi connectivity index (χ1v) is 3.06. The number of guanidine groups is 1. The molecule has 0 saturated heterocycles. The average Bonchev–Trinajstić information content (AvgIpc) is 2.33. The van der Waals surface area contributed by atoms with Crippen LogP contribution in [0, 0.1) is 5.41 Å². The molecule has 0 saturated carbocycles. The highest BCUT2D eigenvalue weighted by Crippen LogP contribution is 2.09.